The zero-order chi connectivity index (χ0) is 15.5. The van der Waals surface area contributed by atoms with E-state index in [0.29, 0.717) is 26.2 Å². The molecule has 2 rings (SSSR count). The highest BCUT2D eigenvalue weighted by Crippen LogP contribution is 2.21. The lowest BCUT2D eigenvalue weighted by Gasteiger charge is -2.33. The molecule has 0 aromatic carbocycles. The molecule has 116 valence electrons. The van der Waals surface area contributed by atoms with Crippen molar-refractivity contribution < 1.29 is 17.9 Å². The van der Waals surface area contributed by atoms with Crippen LogP contribution in [0.25, 0.3) is 0 Å². The third kappa shape index (κ3) is 3.49. The third-order valence-electron chi connectivity index (χ3n) is 3.33. The molecule has 1 saturated heterocycles. The number of esters is 1. The van der Waals surface area contributed by atoms with Crippen molar-refractivity contribution in [3.8, 4) is 0 Å². The Morgan fingerprint density at radius 2 is 2.05 bits per heavy atom. The molecule has 0 aliphatic carbocycles. The Labute approximate surface area is 123 Å². The van der Waals surface area contributed by atoms with Gasteiger partial charge in [-0.2, -0.15) is 4.31 Å². The highest BCUT2D eigenvalue weighted by Gasteiger charge is 2.30. The van der Waals surface area contributed by atoms with Crippen LogP contribution >= 0.6 is 0 Å². The molecule has 1 aromatic rings. The molecule has 8 nitrogen and oxygen atoms in total. The molecule has 1 aliphatic rings. The van der Waals surface area contributed by atoms with Crippen LogP contribution in [0.1, 0.15) is 0 Å². The number of anilines is 1. The second-order valence-corrected chi connectivity index (χ2v) is 6.55. The zero-order valence-electron chi connectivity index (χ0n) is 11.7. The summed E-state index contributed by atoms with van der Waals surface area (Å²) in [5.41, 5.74) is 5.64. The van der Waals surface area contributed by atoms with Gasteiger partial charge in [0.25, 0.3) is 0 Å². The van der Waals surface area contributed by atoms with Crippen molar-refractivity contribution in [3.05, 3.63) is 18.3 Å². The minimum Gasteiger partial charge on any atom is -0.468 e. The van der Waals surface area contributed by atoms with Gasteiger partial charge in [0.15, 0.2) is 0 Å². The van der Waals surface area contributed by atoms with Crippen molar-refractivity contribution in [2.24, 2.45) is 0 Å². The maximum absolute atomic E-state index is 12.5. The summed E-state index contributed by atoms with van der Waals surface area (Å²) >= 11 is 0. The van der Waals surface area contributed by atoms with E-state index in [1.54, 1.807) is 0 Å². The first-order valence-electron chi connectivity index (χ1n) is 6.45. The fourth-order valence-electron chi connectivity index (χ4n) is 2.14. The molecule has 0 unspecified atom stereocenters. The van der Waals surface area contributed by atoms with E-state index in [1.165, 1.54) is 29.7 Å². The minimum absolute atomic E-state index is 0.00510. The number of carbonyl (C=O) groups is 1. The summed E-state index contributed by atoms with van der Waals surface area (Å²) in [7, 11) is -2.32. The number of nitrogen functional groups attached to an aromatic ring is 1. The first-order valence-corrected chi connectivity index (χ1v) is 7.89. The van der Waals surface area contributed by atoms with E-state index in [1.807, 2.05) is 4.90 Å². The van der Waals surface area contributed by atoms with Gasteiger partial charge in [0, 0.05) is 32.4 Å². The van der Waals surface area contributed by atoms with Gasteiger partial charge in [0.05, 0.1) is 13.7 Å². The summed E-state index contributed by atoms with van der Waals surface area (Å²) in [6.07, 6.45) is 1.45. The molecule has 1 aliphatic heterocycles. The van der Waals surface area contributed by atoms with Gasteiger partial charge < -0.3 is 10.5 Å². The van der Waals surface area contributed by atoms with E-state index in [4.69, 9.17) is 5.73 Å². The van der Waals surface area contributed by atoms with Crippen molar-refractivity contribution >= 4 is 21.8 Å². The van der Waals surface area contributed by atoms with Gasteiger partial charge in [-0.1, -0.05) is 0 Å². The standard InChI is InChI=1S/C12H18N4O4S/c1-20-11(17)9-15-5-7-16(8-6-15)21(18,19)10-3-2-4-14-12(10)13/h2-4H,5-9H2,1H3,(H2,13,14). The van der Waals surface area contributed by atoms with Crippen LogP contribution < -0.4 is 5.73 Å². The van der Waals surface area contributed by atoms with Gasteiger partial charge in [-0.05, 0) is 12.1 Å². The van der Waals surface area contributed by atoms with Crippen LogP contribution in [0, 0.1) is 0 Å². The number of nitrogens with zero attached hydrogens (tertiary/aromatic N) is 3. The first kappa shape index (κ1) is 15.7. The van der Waals surface area contributed by atoms with Crippen LogP contribution in [0.15, 0.2) is 23.2 Å². The minimum atomic E-state index is -3.65. The van der Waals surface area contributed by atoms with Crippen molar-refractivity contribution in [1.29, 1.82) is 0 Å². The maximum atomic E-state index is 12.5. The van der Waals surface area contributed by atoms with Crippen molar-refractivity contribution in [1.82, 2.24) is 14.2 Å². The number of nitrogens with two attached hydrogens (primary N) is 1. The molecule has 1 aromatic heterocycles. The smallest absolute Gasteiger partial charge is 0.319 e. The Morgan fingerprint density at radius 1 is 1.38 bits per heavy atom. The highest BCUT2D eigenvalue weighted by atomic mass is 32.2. The molecular formula is C12H18N4O4S. The molecule has 0 spiro atoms. The van der Waals surface area contributed by atoms with Gasteiger partial charge in [0.2, 0.25) is 10.0 Å². The Morgan fingerprint density at radius 3 is 2.62 bits per heavy atom. The second kappa shape index (κ2) is 6.37. The van der Waals surface area contributed by atoms with Crippen LogP contribution in [0.5, 0.6) is 0 Å². The van der Waals surface area contributed by atoms with Gasteiger partial charge >= 0.3 is 5.97 Å². The maximum Gasteiger partial charge on any atom is 0.319 e. The third-order valence-corrected chi connectivity index (χ3v) is 5.28. The average Bonchev–Trinajstić information content (AvgIpc) is 2.48. The molecule has 0 radical (unpaired) electrons. The van der Waals surface area contributed by atoms with E-state index >= 15 is 0 Å². The Bertz CT molecular complexity index is 611. The number of aromatic nitrogens is 1. The van der Waals surface area contributed by atoms with Gasteiger partial charge in [-0.25, -0.2) is 13.4 Å². The fourth-order valence-corrected chi connectivity index (χ4v) is 3.62. The normalized spacial score (nSPS) is 17.6. The van der Waals surface area contributed by atoms with Gasteiger partial charge in [0.1, 0.15) is 10.7 Å². The predicted molar refractivity (Wildman–Crippen MR) is 75.9 cm³/mol. The number of methoxy groups -OCH3 is 1. The summed E-state index contributed by atoms with van der Waals surface area (Å²) in [6.45, 7) is 1.70. The SMILES string of the molecule is COC(=O)CN1CCN(S(=O)(=O)c2cccnc2N)CC1. The lowest BCUT2D eigenvalue weighted by Crippen LogP contribution is -2.50. The number of sulfonamides is 1. The molecule has 2 heterocycles. The van der Waals surface area contributed by atoms with Crippen LogP contribution in [0.2, 0.25) is 0 Å². The summed E-state index contributed by atoms with van der Waals surface area (Å²) in [5.74, 6) is -0.336. The quantitative estimate of drug-likeness (QED) is 0.721. The molecule has 9 heteroatoms. The van der Waals surface area contributed by atoms with E-state index in [2.05, 4.69) is 9.72 Å². The largest absolute Gasteiger partial charge is 0.468 e. The topological polar surface area (TPSA) is 106 Å². The summed E-state index contributed by atoms with van der Waals surface area (Å²) < 4.78 is 30.9. The average molecular weight is 314 g/mol. The lowest BCUT2D eigenvalue weighted by molar-refractivity contribution is -0.142. The number of piperazine rings is 1. The molecule has 2 N–H and O–H groups in total. The lowest BCUT2D eigenvalue weighted by atomic mass is 10.3. The van der Waals surface area contributed by atoms with Crippen LogP contribution in [-0.4, -0.2) is 68.4 Å². The number of rotatable bonds is 4. The second-order valence-electron chi connectivity index (χ2n) is 4.64. The Hall–Kier alpha value is -1.71. The number of pyridine rings is 1. The van der Waals surface area contributed by atoms with E-state index < -0.39 is 10.0 Å². The first-order chi connectivity index (χ1) is 9.95. The van der Waals surface area contributed by atoms with Crippen LogP contribution in [0.3, 0.4) is 0 Å². The number of ether oxygens (including phenoxy) is 1. The van der Waals surface area contributed by atoms with E-state index in [-0.39, 0.29) is 23.2 Å². The zero-order valence-corrected chi connectivity index (χ0v) is 12.5. The van der Waals surface area contributed by atoms with Crippen molar-refractivity contribution in [3.63, 3.8) is 0 Å². The van der Waals surface area contributed by atoms with Crippen LogP contribution in [0.4, 0.5) is 5.82 Å². The van der Waals surface area contributed by atoms with Crippen LogP contribution in [-0.2, 0) is 19.6 Å². The molecule has 21 heavy (non-hydrogen) atoms. The highest BCUT2D eigenvalue weighted by molar-refractivity contribution is 7.89. The number of hydrogen-bond acceptors (Lipinski definition) is 7. The fraction of sp³-hybridized carbons (Fsp3) is 0.500. The van der Waals surface area contributed by atoms with Crippen molar-refractivity contribution in [2.75, 3.05) is 45.6 Å². The molecule has 0 saturated carbocycles. The van der Waals surface area contributed by atoms with Gasteiger partial charge in [-0.3, -0.25) is 9.69 Å². The van der Waals surface area contributed by atoms with E-state index in [9.17, 15) is 13.2 Å². The molecule has 0 bridgehead atoms. The Kier molecular flexibility index (Phi) is 4.76. The van der Waals surface area contributed by atoms with Crippen molar-refractivity contribution in [2.45, 2.75) is 4.90 Å². The summed E-state index contributed by atoms with van der Waals surface area (Å²) in [5, 5.41) is 0. The summed E-state index contributed by atoms with van der Waals surface area (Å²) in [4.78, 5) is 16.9. The molecular weight excluding hydrogens is 296 g/mol. The predicted octanol–water partition coefficient (Wildman–Crippen LogP) is -0.857. The molecule has 1 fully saturated rings. The summed E-state index contributed by atoms with van der Waals surface area (Å²) in [6, 6.07) is 2.98. The molecule has 0 atom stereocenters. The van der Waals surface area contributed by atoms with E-state index in [0.717, 1.165) is 0 Å². The monoisotopic (exact) mass is 314 g/mol. The van der Waals surface area contributed by atoms with Gasteiger partial charge in [-0.15, -0.1) is 0 Å². The Balaban J connectivity index is 2.05. The number of carbonyl (C=O) groups excluding carboxylic acids is 1. The number of hydrogen-bond donors (Lipinski definition) is 1. The molecule has 0 amide bonds.